The number of nitrogens with zero attached hydrogens (tertiary/aromatic N) is 1. The average molecular weight is 374 g/mol. The van der Waals surface area contributed by atoms with Crippen molar-refractivity contribution >= 4 is 11.6 Å². The third kappa shape index (κ3) is 4.98. The fraction of sp³-hybridized carbons (Fsp3) is 0.130. The van der Waals surface area contributed by atoms with Crippen molar-refractivity contribution in [3.63, 3.8) is 0 Å². The van der Waals surface area contributed by atoms with E-state index in [9.17, 15) is 4.79 Å². The van der Waals surface area contributed by atoms with E-state index in [-0.39, 0.29) is 5.91 Å². The lowest BCUT2D eigenvalue weighted by atomic mass is 10.1. The Bertz CT molecular complexity index is 951. The van der Waals surface area contributed by atoms with Crippen LogP contribution in [0.3, 0.4) is 0 Å². The number of hydrogen-bond acceptors (Lipinski definition) is 4. The predicted molar refractivity (Wildman–Crippen MR) is 110 cm³/mol. The number of amides is 1. The van der Waals surface area contributed by atoms with Crippen molar-refractivity contribution in [2.45, 2.75) is 13.5 Å². The van der Waals surface area contributed by atoms with Gasteiger partial charge in [-0.15, -0.1) is 0 Å². The Kier molecular flexibility index (Phi) is 6.41. The zero-order chi connectivity index (χ0) is 19.8. The Morgan fingerprint density at radius 3 is 2.32 bits per heavy atom. The Morgan fingerprint density at radius 2 is 1.61 bits per heavy atom. The smallest absolute Gasteiger partial charge is 0.275 e. The van der Waals surface area contributed by atoms with Crippen molar-refractivity contribution < 1.29 is 14.3 Å². The molecule has 0 saturated heterocycles. The third-order valence-electron chi connectivity index (χ3n) is 4.20. The van der Waals surface area contributed by atoms with Gasteiger partial charge < -0.3 is 9.47 Å². The molecule has 0 aliphatic rings. The number of benzene rings is 3. The molecule has 0 aromatic heterocycles. The lowest BCUT2D eigenvalue weighted by Crippen LogP contribution is -2.20. The summed E-state index contributed by atoms with van der Waals surface area (Å²) < 4.78 is 11.0. The van der Waals surface area contributed by atoms with E-state index in [2.05, 4.69) is 10.5 Å². The summed E-state index contributed by atoms with van der Waals surface area (Å²) in [5.41, 5.74) is 5.66. The molecular weight excluding hydrogens is 352 g/mol. The molecule has 1 N–H and O–H groups in total. The standard InChI is InChI=1S/C23H22N2O3/c1-17(19-12-14-20(27-2)15-13-19)24-25-23(26)21-10-6-7-11-22(21)28-16-18-8-4-3-5-9-18/h3-15H,16H2,1-2H3,(H,25,26)/b24-17+. The van der Waals surface area contributed by atoms with Gasteiger partial charge in [-0.05, 0) is 54.4 Å². The minimum absolute atomic E-state index is 0.323. The summed E-state index contributed by atoms with van der Waals surface area (Å²) in [5.74, 6) is 0.961. The largest absolute Gasteiger partial charge is 0.497 e. The summed E-state index contributed by atoms with van der Waals surface area (Å²) in [6.45, 7) is 2.22. The molecule has 3 aromatic rings. The molecule has 5 nitrogen and oxygen atoms in total. The highest BCUT2D eigenvalue weighted by atomic mass is 16.5. The molecule has 0 aliphatic heterocycles. The van der Waals surface area contributed by atoms with E-state index in [4.69, 9.17) is 9.47 Å². The van der Waals surface area contributed by atoms with Gasteiger partial charge in [-0.1, -0.05) is 42.5 Å². The summed E-state index contributed by atoms with van der Waals surface area (Å²) >= 11 is 0. The van der Waals surface area contributed by atoms with Crippen LogP contribution in [0.1, 0.15) is 28.4 Å². The van der Waals surface area contributed by atoms with Crippen LogP contribution in [0, 0.1) is 0 Å². The van der Waals surface area contributed by atoms with E-state index in [1.165, 1.54) is 0 Å². The molecule has 1 amide bonds. The topological polar surface area (TPSA) is 59.9 Å². The molecule has 3 aromatic carbocycles. The van der Waals surface area contributed by atoms with Crippen molar-refractivity contribution in [1.82, 2.24) is 5.43 Å². The maximum Gasteiger partial charge on any atom is 0.275 e. The van der Waals surface area contributed by atoms with Crippen molar-refractivity contribution in [3.05, 3.63) is 95.6 Å². The van der Waals surface area contributed by atoms with E-state index in [1.54, 1.807) is 25.3 Å². The molecule has 0 saturated carbocycles. The molecule has 0 atom stereocenters. The Morgan fingerprint density at radius 1 is 0.929 bits per heavy atom. The quantitative estimate of drug-likeness (QED) is 0.492. The van der Waals surface area contributed by atoms with E-state index in [1.807, 2.05) is 67.6 Å². The summed E-state index contributed by atoms with van der Waals surface area (Å²) in [6.07, 6.45) is 0. The number of hydrazone groups is 1. The lowest BCUT2D eigenvalue weighted by Gasteiger charge is -2.11. The Labute approximate surface area is 164 Å². The van der Waals surface area contributed by atoms with E-state index >= 15 is 0 Å². The fourth-order valence-electron chi connectivity index (χ4n) is 2.61. The van der Waals surface area contributed by atoms with Gasteiger partial charge >= 0.3 is 0 Å². The predicted octanol–water partition coefficient (Wildman–Crippen LogP) is 4.43. The average Bonchev–Trinajstić information content (AvgIpc) is 2.76. The van der Waals surface area contributed by atoms with Gasteiger partial charge in [0, 0.05) is 0 Å². The molecule has 0 spiro atoms. The zero-order valence-electron chi connectivity index (χ0n) is 15.9. The SMILES string of the molecule is COc1ccc(/C(C)=N/NC(=O)c2ccccc2OCc2ccccc2)cc1. The van der Waals surface area contributed by atoms with Crippen LogP contribution in [0.25, 0.3) is 0 Å². The number of methoxy groups -OCH3 is 1. The lowest BCUT2D eigenvalue weighted by molar-refractivity contribution is 0.0950. The van der Waals surface area contributed by atoms with Crippen LogP contribution in [0.15, 0.2) is 84.0 Å². The minimum atomic E-state index is -0.323. The minimum Gasteiger partial charge on any atom is -0.497 e. The van der Waals surface area contributed by atoms with Crippen molar-refractivity contribution in [3.8, 4) is 11.5 Å². The maximum atomic E-state index is 12.6. The van der Waals surface area contributed by atoms with Crippen LogP contribution in [-0.4, -0.2) is 18.7 Å². The molecule has 0 radical (unpaired) electrons. The summed E-state index contributed by atoms with van der Waals surface area (Å²) in [7, 11) is 1.62. The van der Waals surface area contributed by atoms with E-state index in [0.29, 0.717) is 23.6 Å². The van der Waals surface area contributed by atoms with Crippen LogP contribution in [-0.2, 0) is 6.61 Å². The third-order valence-corrected chi connectivity index (χ3v) is 4.20. The van der Waals surface area contributed by atoms with Gasteiger partial charge in [0.05, 0.1) is 18.4 Å². The zero-order valence-corrected chi connectivity index (χ0v) is 15.9. The van der Waals surface area contributed by atoms with Crippen molar-refractivity contribution in [2.75, 3.05) is 7.11 Å². The van der Waals surface area contributed by atoms with Gasteiger partial charge in [-0.2, -0.15) is 5.10 Å². The van der Waals surface area contributed by atoms with Crippen LogP contribution in [0.4, 0.5) is 0 Å². The van der Waals surface area contributed by atoms with E-state index in [0.717, 1.165) is 16.9 Å². The van der Waals surface area contributed by atoms with Crippen molar-refractivity contribution in [1.29, 1.82) is 0 Å². The second kappa shape index (κ2) is 9.37. The second-order valence-electron chi connectivity index (χ2n) is 6.14. The normalized spacial score (nSPS) is 11.0. The first-order valence-corrected chi connectivity index (χ1v) is 8.92. The van der Waals surface area contributed by atoms with Gasteiger partial charge in [-0.3, -0.25) is 4.79 Å². The summed E-state index contributed by atoms with van der Waals surface area (Å²) in [6, 6.07) is 24.4. The molecule has 0 aliphatic carbocycles. The fourth-order valence-corrected chi connectivity index (χ4v) is 2.61. The van der Waals surface area contributed by atoms with Gasteiger partial charge in [0.15, 0.2) is 0 Å². The molecule has 5 heteroatoms. The van der Waals surface area contributed by atoms with E-state index < -0.39 is 0 Å². The molecule has 28 heavy (non-hydrogen) atoms. The number of rotatable bonds is 7. The number of hydrogen-bond donors (Lipinski definition) is 1. The van der Waals surface area contributed by atoms with Gasteiger partial charge in [0.1, 0.15) is 18.1 Å². The number of para-hydroxylation sites is 1. The monoisotopic (exact) mass is 374 g/mol. The molecule has 0 bridgehead atoms. The van der Waals surface area contributed by atoms with Crippen LogP contribution in [0.2, 0.25) is 0 Å². The first-order valence-electron chi connectivity index (χ1n) is 8.92. The highest BCUT2D eigenvalue weighted by molar-refractivity contribution is 6.01. The second-order valence-corrected chi connectivity index (χ2v) is 6.14. The van der Waals surface area contributed by atoms with Crippen LogP contribution < -0.4 is 14.9 Å². The molecule has 0 heterocycles. The number of nitrogens with one attached hydrogen (secondary N) is 1. The van der Waals surface area contributed by atoms with Gasteiger partial charge in [-0.25, -0.2) is 5.43 Å². The van der Waals surface area contributed by atoms with Crippen molar-refractivity contribution in [2.24, 2.45) is 5.10 Å². The van der Waals surface area contributed by atoms with Gasteiger partial charge in [0.2, 0.25) is 0 Å². The first kappa shape index (κ1) is 19.2. The number of carbonyl (C=O) groups excluding carboxylic acids is 1. The summed E-state index contributed by atoms with van der Waals surface area (Å²) in [5, 5.41) is 4.21. The summed E-state index contributed by atoms with van der Waals surface area (Å²) in [4.78, 5) is 12.6. The molecule has 0 fully saturated rings. The first-order chi connectivity index (χ1) is 13.7. The number of carbonyl (C=O) groups is 1. The highest BCUT2D eigenvalue weighted by Gasteiger charge is 2.12. The van der Waals surface area contributed by atoms with Crippen LogP contribution >= 0.6 is 0 Å². The highest BCUT2D eigenvalue weighted by Crippen LogP contribution is 2.19. The van der Waals surface area contributed by atoms with Crippen LogP contribution in [0.5, 0.6) is 11.5 Å². The molecule has 0 unspecified atom stereocenters. The number of ether oxygens (including phenoxy) is 2. The molecule has 142 valence electrons. The molecule has 3 rings (SSSR count). The Balaban J connectivity index is 1.68. The Hall–Kier alpha value is -3.60. The van der Waals surface area contributed by atoms with Gasteiger partial charge in [0.25, 0.3) is 5.91 Å². The molecular formula is C23H22N2O3. The maximum absolute atomic E-state index is 12.6.